The van der Waals surface area contributed by atoms with Gasteiger partial charge in [-0.05, 0) is 30.5 Å². The van der Waals surface area contributed by atoms with E-state index in [0.717, 1.165) is 16.8 Å². The summed E-state index contributed by atoms with van der Waals surface area (Å²) >= 11 is 3.50. The zero-order valence-corrected chi connectivity index (χ0v) is 15.0. The number of carbonyl (C=O) groups excluding carboxylic acids is 2. The van der Waals surface area contributed by atoms with Gasteiger partial charge in [-0.2, -0.15) is 0 Å². The number of benzene rings is 2. The zero-order chi connectivity index (χ0) is 17.3. The number of carbonyl (C=O) groups is 2. The van der Waals surface area contributed by atoms with Gasteiger partial charge in [0.1, 0.15) is 6.54 Å². The summed E-state index contributed by atoms with van der Waals surface area (Å²) in [7, 11) is 0. The Hall–Kier alpha value is -2.14. The van der Waals surface area contributed by atoms with E-state index in [4.69, 9.17) is 5.73 Å². The first kappa shape index (κ1) is 16.7. The molecule has 0 aromatic heterocycles. The molecule has 1 aliphatic rings. The van der Waals surface area contributed by atoms with Crippen LogP contribution in [-0.2, 0) is 9.59 Å². The van der Waals surface area contributed by atoms with Crippen LogP contribution in [0.25, 0.3) is 0 Å². The van der Waals surface area contributed by atoms with Crippen LogP contribution in [0.2, 0.25) is 0 Å². The molecule has 5 heteroatoms. The summed E-state index contributed by atoms with van der Waals surface area (Å²) in [4.78, 5) is 25.3. The number of anilines is 1. The SMILES string of the molecule is Cc1ccc(C2CC(Br)C(=O)N(CC(N)=O)c3ccccc32)cc1. The minimum absolute atomic E-state index is 0.0769. The predicted molar refractivity (Wildman–Crippen MR) is 98.3 cm³/mol. The average molecular weight is 387 g/mol. The Morgan fingerprint density at radius 1 is 1.21 bits per heavy atom. The topological polar surface area (TPSA) is 63.4 Å². The van der Waals surface area contributed by atoms with Gasteiger partial charge in [0.2, 0.25) is 11.8 Å². The number of fused-ring (bicyclic) bond motifs is 1. The number of aryl methyl sites for hydroxylation is 1. The molecule has 1 heterocycles. The molecule has 4 nitrogen and oxygen atoms in total. The molecule has 1 aliphatic heterocycles. The molecule has 0 aliphatic carbocycles. The van der Waals surface area contributed by atoms with Crippen LogP contribution in [0.4, 0.5) is 5.69 Å². The maximum Gasteiger partial charge on any atom is 0.241 e. The summed E-state index contributed by atoms with van der Waals surface area (Å²) in [6.45, 7) is 1.94. The van der Waals surface area contributed by atoms with Gasteiger partial charge in [-0.3, -0.25) is 9.59 Å². The fourth-order valence-corrected chi connectivity index (χ4v) is 3.80. The number of nitrogens with zero attached hydrogens (tertiary/aromatic N) is 1. The molecule has 3 rings (SSSR count). The number of para-hydroxylation sites is 1. The van der Waals surface area contributed by atoms with E-state index in [0.29, 0.717) is 6.42 Å². The lowest BCUT2D eigenvalue weighted by Gasteiger charge is -2.23. The number of hydrogen-bond acceptors (Lipinski definition) is 2. The molecule has 2 N–H and O–H groups in total. The van der Waals surface area contributed by atoms with Crippen molar-refractivity contribution < 1.29 is 9.59 Å². The maximum atomic E-state index is 12.7. The second-order valence-electron chi connectivity index (χ2n) is 6.12. The molecule has 2 aromatic carbocycles. The Kier molecular flexibility index (Phi) is 4.71. The predicted octanol–water partition coefficient (Wildman–Crippen LogP) is 3.11. The van der Waals surface area contributed by atoms with Crippen molar-refractivity contribution in [2.24, 2.45) is 5.73 Å². The molecule has 2 unspecified atom stereocenters. The Labute approximate surface area is 149 Å². The zero-order valence-electron chi connectivity index (χ0n) is 13.4. The van der Waals surface area contributed by atoms with Gasteiger partial charge in [-0.15, -0.1) is 0 Å². The lowest BCUT2D eigenvalue weighted by atomic mass is 9.87. The van der Waals surface area contributed by atoms with Gasteiger partial charge in [0.25, 0.3) is 0 Å². The molecule has 2 atom stereocenters. The second kappa shape index (κ2) is 6.77. The van der Waals surface area contributed by atoms with E-state index in [-0.39, 0.29) is 23.2 Å². The molecule has 2 aromatic rings. The molecule has 0 saturated carbocycles. The van der Waals surface area contributed by atoms with E-state index in [1.807, 2.05) is 24.3 Å². The molecule has 0 spiro atoms. The van der Waals surface area contributed by atoms with Crippen molar-refractivity contribution in [2.45, 2.75) is 24.1 Å². The highest BCUT2D eigenvalue weighted by molar-refractivity contribution is 9.10. The monoisotopic (exact) mass is 386 g/mol. The van der Waals surface area contributed by atoms with Crippen molar-refractivity contribution >= 4 is 33.4 Å². The fourth-order valence-electron chi connectivity index (χ4n) is 3.18. The number of halogens is 1. The normalized spacial score (nSPS) is 20.4. The van der Waals surface area contributed by atoms with E-state index in [2.05, 4.69) is 47.1 Å². The first-order valence-corrected chi connectivity index (χ1v) is 8.78. The number of hydrogen-bond donors (Lipinski definition) is 1. The summed E-state index contributed by atoms with van der Waals surface area (Å²) in [6, 6.07) is 16.1. The highest BCUT2D eigenvalue weighted by Gasteiger charge is 2.34. The smallest absolute Gasteiger partial charge is 0.241 e. The molecule has 24 heavy (non-hydrogen) atoms. The first-order valence-electron chi connectivity index (χ1n) is 7.86. The van der Waals surface area contributed by atoms with E-state index in [1.165, 1.54) is 10.5 Å². The second-order valence-corrected chi connectivity index (χ2v) is 7.22. The van der Waals surface area contributed by atoms with Gasteiger partial charge in [0.15, 0.2) is 0 Å². The van der Waals surface area contributed by atoms with Crippen LogP contribution >= 0.6 is 15.9 Å². The van der Waals surface area contributed by atoms with Crippen molar-refractivity contribution in [3.63, 3.8) is 0 Å². The van der Waals surface area contributed by atoms with Crippen LogP contribution in [0, 0.1) is 6.92 Å². The first-order chi connectivity index (χ1) is 11.5. The summed E-state index contributed by atoms with van der Waals surface area (Å²) in [5, 5.41) is 0. The van der Waals surface area contributed by atoms with Crippen LogP contribution in [0.3, 0.4) is 0 Å². The number of primary amides is 1. The van der Waals surface area contributed by atoms with Crippen molar-refractivity contribution in [3.8, 4) is 0 Å². The van der Waals surface area contributed by atoms with E-state index >= 15 is 0 Å². The molecule has 124 valence electrons. The van der Waals surface area contributed by atoms with Crippen LogP contribution in [0.1, 0.15) is 29.0 Å². The minimum atomic E-state index is -0.522. The molecule has 0 radical (unpaired) electrons. The standard InChI is InChI=1S/C19H19BrN2O2/c1-12-6-8-13(9-7-12)15-10-16(20)19(24)22(11-18(21)23)17-5-3-2-4-14(15)17/h2-9,15-16H,10-11H2,1H3,(H2,21,23). The molecule has 0 bridgehead atoms. The highest BCUT2D eigenvalue weighted by atomic mass is 79.9. The van der Waals surface area contributed by atoms with E-state index in [9.17, 15) is 9.59 Å². The quantitative estimate of drug-likeness (QED) is 0.823. The van der Waals surface area contributed by atoms with Gasteiger partial charge >= 0.3 is 0 Å². The third-order valence-corrected chi connectivity index (χ3v) is 5.14. The number of rotatable bonds is 3. The van der Waals surface area contributed by atoms with E-state index in [1.54, 1.807) is 0 Å². The average Bonchev–Trinajstić information content (AvgIpc) is 2.66. The minimum Gasteiger partial charge on any atom is -0.368 e. The Bertz CT molecular complexity index is 773. The Morgan fingerprint density at radius 2 is 1.88 bits per heavy atom. The molecule has 2 amide bonds. The Morgan fingerprint density at radius 3 is 2.54 bits per heavy atom. The van der Waals surface area contributed by atoms with Gasteiger partial charge in [-0.1, -0.05) is 64.0 Å². The maximum absolute atomic E-state index is 12.7. The summed E-state index contributed by atoms with van der Waals surface area (Å²) < 4.78 is 0. The van der Waals surface area contributed by atoms with Crippen molar-refractivity contribution in [2.75, 3.05) is 11.4 Å². The lowest BCUT2D eigenvalue weighted by Crippen LogP contribution is -2.41. The van der Waals surface area contributed by atoms with Crippen LogP contribution < -0.4 is 10.6 Å². The van der Waals surface area contributed by atoms with Gasteiger partial charge < -0.3 is 10.6 Å². The summed E-state index contributed by atoms with van der Waals surface area (Å²) in [5.74, 6) is -0.574. The molecular formula is C19H19BrN2O2. The van der Waals surface area contributed by atoms with Gasteiger partial charge in [-0.25, -0.2) is 0 Å². The van der Waals surface area contributed by atoms with Crippen molar-refractivity contribution in [1.29, 1.82) is 0 Å². The van der Waals surface area contributed by atoms with Gasteiger partial charge in [0.05, 0.1) is 4.83 Å². The van der Waals surface area contributed by atoms with Crippen molar-refractivity contribution in [1.82, 2.24) is 0 Å². The summed E-state index contributed by atoms with van der Waals surface area (Å²) in [5.41, 5.74) is 9.51. The largest absolute Gasteiger partial charge is 0.368 e. The summed E-state index contributed by atoms with van der Waals surface area (Å²) in [6.07, 6.45) is 0.633. The molecule has 0 saturated heterocycles. The van der Waals surface area contributed by atoms with Gasteiger partial charge in [0, 0.05) is 11.6 Å². The third kappa shape index (κ3) is 3.22. The lowest BCUT2D eigenvalue weighted by molar-refractivity contribution is -0.122. The van der Waals surface area contributed by atoms with E-state index < -0.39 is 5.91 Å². The van der Waals surface area contributed by atoms with Crippen molar-refractivity contribution in [3.05, 3.63) is 65.2 Å². The number of nitrogens with two attached hydrogens (primary N) is 1. The Balaban J connectivity index is 2.12. The highest BCUT2D eigenvalue weighted by Crippen LogP contribution is 2.40. The van der Waals surface area contributed by atoms with Crippen LogP contribution in [-0.4, -0.2) is 23.2 Å². The molecular weight excluding hydrogens is 368 g/mol. The molecule has 0 fully saturated rings. The van der Waals surface area contributed by atoms with Crippen LogP contribution in [0.5, 0.6) is 0 Å². The fraction of sp³-hybridized carbons (Fsp3) is 0.263. The van der Waals surface area contributed by atoms with Crippen LogP contribution in [0.15, 0.2) is 48.5 Å². The third-order valence-electron chi connectivity index (χ3n) is 4.37. The number of alkyl halides is 1. The number of amides is 2.